The molecule has 2 rings (SSSR count). The van der Waals surface area contributed by atoms with Crippen LogP contribution in [-0.2, 0) is 0 Å². The molecule has 0 N–H and O–H groups in total. The molecule has 0 fully saturated rings. The molecule has 0 spiro atoms. The van der Waals surface area contributed by atoms with Gasteiger partial charge in [0.1, 0.15) is 16.9 Å². The Labute approximate surface area is 66.3 Å². The summed E-state index contributed by atoms with van der Waals surface area (Å²) in [6.07, 6.45) is 2.68. The molecule has 0 aromatic carbocycles. The fraction of sp³-hybridized carbons (Fsp3) is 0. The van der Waals surface area contributed by atoms with Gasteiger partial charge in [-0.25, -0.2) is 0 Å². The van der Waals surface area contributed by atoms with E-state index in [-0.39, 0.29) is 0 Å². The van der Waals surface area contributed by atoms with Crippen LogP contribution >= 0.6 is 11.5 Å². The van der Waals surface area contributed by atoms with E-state index < -0.39 is 0 Å². The normalized spacial score (nSPS) is 10.5. The summed E-state index contributed by atoms with van der Waals surface area (Å²) in [5.74, 6) is 0. The molecule has 4 nitrogen and oxygen atoms in total. The molecule has 0 bridgehead atoms. The minimum atomic E-state index is 0.544. The highest BCUT2D eigenvalue weighted by atomic mass is 32.1. The van der Waals surface area contributed by atoms with Gasteiger partial charge in [-0.05, 0) is 0 Å². The molecule has 0 unspecified atom stereocenters. The van der Waals surface area contributed by atoms with Crippen molar-refractivity contribution in [3.05, 3.63) is 34.3 Å². The van der Waals surface area contributed by atoms with Crippen molar-refractivity contribution in [1.82, 2.24) is 0 Å². The second-order valence-corrected chi connectivity index (χ2v) is 2.90. The average molecular weight is 168 g/mol. The Kier molecular flexibility index (Phi) is 1.19. The fourth-order valence-corrected chi connectivity index (χ4v) is 1.58. The third-order valence-corrected chi connectivity index (χ3v) is 2.16. The van der Waals surface area contributed by atoms with Crippen molar-refractivity contribution in [3.63, 3.8) is 0 Å². The first kappa shape index (κ1) is 6.36. The summed E-state index contributed by atoms with van der Waals surface area (Å²) in [6.45, 7) is 0. The van der Waals surface area contributed by atoms with Gasteiger partial charge in [0.25, 0.3) is 5.52 Å². The van der Waals surface area contributed by atoms with Crippen molar-refractivity contribution in [2.75, 3.05) is 0 Å². The Bertz CT molecular complexity index is 398. The molecular formula is C6H4N2O2S. The molecule has 0 aliphatic carbocycles. The molecule has 0 saturated heterocycles. The first-order valence-electron chi connectivity index (χ1n) is 2.97. The lowest BCUT2D eigenvalue weighted by Crippen LogP contribution is -2.26. The van der Waals surface area contributed by atoms with E-state index in [1.807, 2.05) is 0 Å². The van der Waals surface area contributed by atoms with E-state index in [2.05, 4.69) is 0 Å². The largest absolute Gasteiger partial charge is 0.619 e. The molecular weight excluding hydrogens is 164 g/mol. The van der Waals surface area contributed by atoms with E-state index in [1.165, 1.54) is 18.5 Å². The van der Waals surface area contributed by atoms with Crippen LogP contribution in [0.3, 0.4) is 0 Å². The van der Waals surface area contributed by atoms with E-state index in [9.17, 15) is 10.4 Å². The minimum absolute atomic E-state index is 0.544. The van der Waals surface area contributed by atoms with Gasteiger partial charge in [0, 0.05) is 0 Å². The van der Waals surface area contributed by atoms with E-state index in [0.717, 1.165) is 15.7 Å². The quantitative estimate of drug-likeness (QED) is 0.416. The van der Waals surface area contributed by atoms with Crippen LogP contribution in [-0.4, -0.2) is 0 Å². The summed E-state index contributed by atoms with van der Waals surface area (Å²) in [4.78, 5) is 0. The highest BCUT2D eigenvalue weighted by molar-refractivity contribution is 7.00. The van der Waals surface area contributed by atoms with E-state index in [0.29, 0.717) is 15.6 Å². The number of hydrogen-bond acceptors (Lipinski definition) is 3. The zero-order valence-corrected chi connectivity index (χ0v) is 6.25. The van der Waals surface area contributed by atoms with Crippen molar-refractivity contribution in [1.29, 1.82) is 0 Å². The zero-order chi connectivity index (χ0) is 7.84. The SMILES string of the molecule is [O-][n+]1ccc2c(cs[n+]2[O-])c1. The van der Waals surface area contributed by atoms with Crippen molar-refractivity contribution < 1.29 is 8.85 Å². The summed E-state index contributed by atoms with van der Waals surface area (Å²) in [6, 6.07) is 1.51. The third-order valence-electron chi connectivity index (χ3n) is 1.41. The topological polar surface area (TPSA) is 53.9 Å². The summed E-state index contributed by atoms with van der Waals surface area (Å²) in [7, 11) is 0. The second kappa shape index (κ2) is 2.06. The molecule has 2 aromatic rings. The number of aromatic nitrogens is 2. The third kappa shape index (κ3) is 0.894. The predicted octanol–water partition coefficient (Wildman–Crippen LogP) is 0.168. The molecule has 0 atom stereocenters. The van der Waals surface area contributed by atoms with Crippen LogP contribution in [0.1, 0.15) is 0 Å². The first-order chi connectivity index (χ1) is 5.27. The zero-order valence-electron chi connectivity index (χ0n) is 5.43. The van der Waals surface area contributed by atoms with Crippen LogP contribution in [0.4, 0.5) is 0 Å². The Balaban J connectivity index is 2.86. The lowest BCUT2D eigenvalue weighted by Gasteiger charge is -1.92. The van der Waals surface area contributed by atoms with E-state index >= 15 is 0 Å². The van der Waals surface area contributed by atoms with E-state index in [4.69, 9.17) is 0 Å². The summed E-state index contributed by atoms with van der Waals surface area (Å²) in [5.41, 5.74) is 0.544. The van der Waals surface area contributed by atoms with E-state index in [1.54, 1.807) is 5.38 Å². The monoisotopic (exact) mass is 168 g/mol. The van der Waals surface area contributed by atoms with Gasteiger partial charge in [-0.15, -0.1) is 4.12 Å². The van der Waals surface area contributed by atoms with Crippen molar-refractivity contribution >= 4 is 22.4 Å². The Hall–Kier alpha value is -1.36. The summed E-state index contributed by atoms with van der Waals surface area (Å²) >= 11 is 1.04. The van der Waals surface area contributed by atoms with Gasteiger partial charge in [0.05, 0.1) is 11.4 Å². The van der Waals surface area contributed by atoms with Gasteiger partial charge in [0.15, 0.2) is 12.4 Å². The fourth-order valence-electron chi connectivity index (χ4n) is 0.905. The molecule has 2 heterocycles. The molecule has 0 aliphatic heterocycles. The van der Waals surface area contributed by atoms with Crippen LogP contribution in [0, 0.1) is 10.4 Å². The van der Waals surface area contributed by atoms with Gasteiger partial charge >= 0.3 is 0 Å². The van der Waals surface area contributed by atoms with Crippen LogP contribution in [0.2, 0.25) is 0 Å². The van der Waals surface area contributed by atoms with Gasteiger partial charge in [-0.1, -0.05) is 0 Å². The molecule has 0 amide bonds. The molecule has 0 aliphatic rings. The second-order valence-electron chi connectivity index (χ2n) is 2.13. The summed E-state index contributed by atoms with van der Waals surface area (Å²) < 4.78 is 1.45. The standard InChI is InChI=1S/C6H4N2O2S/c9-7-2-1-6-5(3-7)4-11-8(6)10/h1-4H. The van der Waals surface area contributed by atoms with Crippen molar-refractivity contribution in [3.8, 4) is 0 Å². The molecule has 11 heavy (non-hydrogen) atoms. The molecule has 56 valence electrons. The van der Waals surface area contributed by atoms with Gasteiger partial charge in [0.2, 0.25) is 0 Å². The maximum absolute atomic E-state index is 10.9. The maximum Gasteiger partial charge on any atom is 0.251 e. The average Bonchev–Trinajstić information content (AvgIpc) is 2.32. The maximum atomic E-state index is 10.9. The van der Waals surface area contributed by atoms with Gasteiger partial charge in [-0.3, -0.25) is 0 Å². The molecule has 0 saturated carbocycles. The lowest BCUT2D eigenvalue weighted by atomic mass is 10.3. The van der Waals surface area contributed by atoms with Crippen molar-refractivity contribution in [2.24, 2.45) is 0 Å². The number of nitrogens with zero attached hydrogens (tertiary/aromatic N) is 2. The number of hydrogen-bond donors (Lipinski definition) is 0. The van der Waals surface area contributed by atoms with Crippen LogP contribution in [0.25, 0.3) is 10.9 Å². The Morgan fingerprint density at radius 2 is 2.18 bits per heavy atom. The predicted molar refractivity (Wildman–Crippen MR) is 39.7 cm³/mol. The number of pyridine rings is 1. The molecule has 2 aromatic heterocycles. The van der Waals surface area contributed by atoms with Crippen LogP contribution in [0.5, 0.6) is 0 Å². The molecule has 0 radical (unpaired) electrons. The number of fused-ring (bicyclic) bond motifs is 1. The highest BCUT2D eigenvalue weighted by Crippen LogP contribution is 2.08. The van der Waals surface area contributed by atoms with Gasteiger partial charge < -0.3 is 10.4 Å². The number of rotatable bonds is 0. The minimum Gasteiger partial charge on any atom is -0.619 e. The highest BCUT2D eigenvalue weighted by Gasteiger charge is 2.08. The van der Waals surface area contributed by atoms with Crippen LogP contribution < -0.4 is 8.85 Å². The molecule has 5 heteroatoms. The van der Waals surface area contributed by atoms with Crippen LogP contribution in [0.15, 0.2) is 23.8 Å². The van der Waals surface area contributed by atoms with Gasteiger partial charge in [-0.2, -0.15) is 4.73 Å². The lowest BCUT2D eigenvalue weighted by molar-refractivity contribution is -0.604. The smallest absolute Gasteiger partial charge is 0.251 e. The van der Waals surface area contributed by atoms with Crippen molar-refractivity contribution in [2.45, 2.75) is 0 Å². The Morgan fingerprint density at radius 3 is 3.00 bits per heavy atom. The first-order valence-corrected chi connectivity index (χ1v) is 3.81. The summed E-state index contributed by atoms with van der Waals surface area (Å²) in [5, 5.41) is 23.9. The Morgan fingerprint density at radius 1 is 1.36 bits per heavy atom.